The van der Waals surface area contributed by atoms with Crippen molar-refractivity contribution in [3.8, 4) is 11.4 Å². The van der Waals surface area contributed by atoms with Crippen molar-refractivity contribution in [2.45, 2.75) is 51.7 Å². The number of aryl methyl sites for hydroxylation is 1. The van der Waals surface area contributed by atoms with Gasteiger partial charge >= 0.3 is 0 Å². The van der Waals surface area contributed by atoms with E-state index in [0.29, 0.717) is 12.1 Å². The number of hydrogen-bond donors (Lipinski definition) is 0. The van der Waals surface area contributed by atoms with Gasteiger partial charge in [-0.3, -0.25) is 4.90 Å². The minimum absolute atomic E-state index is 0.408. The van der Waals surface area contributed by atoms with E-state index in [1.54, 1.807) is 7.11 Å². The van der Waals surface area contributed by atoms with Crippen LogP contribution >= 0.6 is 11.6 Å². The molecule has 2 aromatic carbocycles. The van der Waals surface area contributed by atoms with Crippen LogP contribution in [0.5, 0.6) is 5.75 Å². The summed E-state index contributed by atoms with van der Waals surface area (Å²) in [4.78, 5) is 2.64. The molecule has 2 aliphatic rings. The summed E-state index contributed by atoms with van der Waals surface area (Å²) in [5.41, 5.74) is 7.52. The minimum atomic E-state index is 0.408. The fourth-order valence-electron chi connectivity index (χ4n) is 5.12. The molecule has 29 heavy (non-hydrogen) atoms. The number of nitrogens with zero attached hydrogens (tertiary/aromatic N) is 3. The second-order valence-electron chi connectivity index (χ2n) is 8.15. The lowest BCUT2D eigenvalue weighted by Crippen LogP contribution is -2.37. The number of aromatic nitrogens is 2. The molecule has 0 N–H and O–H groups in total. The molecule has 0 amide bonds. The van der Waals surface area contributed by atoms with E-state index < -0.39 is 0 Å². The molecule has 0 fully saturated rings. The van der Waals surface area contributed by atoms with Crippen LogP contribution in [0.25, 0.3) is 5.69 Å². The van der Waals surface area contributed by atoms with Gasteiger partial charge in [-0.2, -0.15) is 5.10 Å². The van der Waals surface area contributed by atoms with Crippen LogP contribution in [0, 0.1) is 6.92 Å². The predicted molar refractivity (Wildman–Crippen MR) is 116 cm³/mol. The number of ether oxygens (including phenoxy) is 1. The third kappa shape index (κ3) is 2.97. The first kappa shape index (κ1) is 18.7. The third-order valence-electron chi connectivity index (χ3n) is 6.70. The molecule has 0 saturated carbocycles. The number of halogens is 1. The van der Waals surface area contributed by atoms with Crippen LogP contribution in [0.3, 0.4) is 0 Å². The number of benzene rings is 2. The van der Waals surface area contributed by atoms with Gasteiger partial charge in [-0.1, -0.05) is 35.9 Å². The fraction of sp³-hybridized carbons (Fsp3) is 0.375. The van der Waals surface area contributed by atoms with E-state index in [0.717, 1.165) is 42.3 Å². The van der Waals surface area contributed by atoms with Crippen LogP contribution in [0.1, 0.15) is 47.5 Å². The summed E-state index contributed by atoms with van der Waals surface area (Å²) in [5.74, 6) is 1.01. The second kappa shape index (κ2) is 7.19. The van der Waals surface area contributed by atoms with Gasteiger partial charge in [0.1, 0.15) is 5.75 Å². The Labute approximate surface area is 177 Å². The van der Waals surface area contributed by atoms with E-state index in [9.17, 15) is 0 Å². The highest BCUT2D eigenvalue weighted by molar-refractivity contribution is 6.32. The van der Waals surface area contributed by atoms with Crippen LogP contribution in [0.15, 0.2) is 42.5 Å². The molecule has 0 spiro atoms. The van der Waals surface area contributed by atoms with Crippen LogP contribution in [0.2, 0.25) is 5.02 Å². The number of rotatable bonds is 3. The fourth-order valence-corrected chi connectivity index (χ4v) is 5.34. The third-order valence-corrected chi connectivity index (χ3v) is 7.02. The highest BCUT2D eigenvalue weighted by atomic mass is 35.5. The van der Waals surface area contributed by atoms with Gasteiger partial charge in [0.25, 0.3) is 0 Å². The Morgan fingerprint density at radius 3 is 2.72 bits per heavy atom. The SMILES string of the molecule is COc1cccc2c1CN(C1CCc3nn(-c4ccccc4Cl)c(C)c3C1)C2C. The Morgan fingerprint density at radius 1 is 1.10 bits per heavy atom. The summed E-state index contributed by atoms with van der Waals surface area (Å²) < 4.78 is 7.66. The van der Waals surface area contributed by atoms with Gasteiger partial charge < -0.3 is 4.74 Å². The maximum atomic E-state index is 6.44. The van der Waals surface area contributed by atoms with Gasteiger partial charge in [-0.15, -0.1) is 0 Å². The maximum absolute atomic E-state index is 6.44. The van der Waals surface area contributed by atoms with Crippen LogP contribution < -0.4 is 4.74 Å². The lowest BCUT2D eigenvalue weighted by atomic mass is 9.90. The van der Waals surface area contributed by atoms with E-state index in [1.807, 2.05) is 28.9 Å². The van der Waals surface area contributed by atoms with Crippen LogP contribution in [0.4, 0.5) is 0 Å². The zero-order valence-corrected chi connectivity index (χ0v) is 17.9. The number of para-hydroxylation sites is 1. The largest absolute Gasteiger partial charge is 0.496 e. The molecule has 4 nitrogen and oxygen atoms in total. The standard InChI is InChI=1S/C24H26ClN3O/c1-15-18-7-6-10-24(29-3)20(18)14-27(15)17-11-12-22-19(13-17)16(2)28(26-22)23-9-5-4-8-21(23)25/h4-10,15,17H,11-14H2,1-3H3. The molecule has 3 aromatic rings. The molecule has 150 valence electrons. The van der Waals surface area contributed by atoms with E-state index in [1.165, 1.54) is 28.1 Å². The minimum Gasteiger partial charge on any atom is -0.496 e. The van der Waals surface area contributed by atoms with Gasteiger partial charge in [0.05, 0.1) is 23.5 Å². The van der Waals surface area contributed by atoms with E-state index in [-0.39, 0.29) is 0 Å². The lowest BCUT2D eigenvalue weighted by Gasteiger charge is -2.34. The molecule has 0 saturated heterocycles. The highest BCUT2D eigenvalue weighted by Gasteiger charge is 2.36. The molecule has 5 heteroatoms. The molecule has 2 unspecified atom stereocenters. The van der Waals surface area contributed by atoms with Gasteiger partial charge in [0, 0.05) is 29.9 Å². The van der Waals surface area contributed by atoms with E-state index >= 15 is 0 Å². The number of fused-ring (bicyclic) bond motifs is 2. The summed E-state index contributed by atoms with van der Waals surface area (Å²) in [6.45, 7) is 5.45. The number of methoxy groups -OCH3 is 1. The molecular weight excluding hydrogens is 382 g/mol. The predicted octanol–water partition coefficient (Wildman–Crippen LogP) is 5.28. The first-order valence-electron chi connectivity index (χ1n) is 10.3. The Kier molecular flexibility index (Phi) is 4.64. The molecule has 1 aliphatic carbocycles. The topological polar surface area (TPSA) is 30.3 Å². The molecule has 0 bridgehead atoms. The summed E-state index contributed by atoms with van der Waals surface area (Å²) >= 11 is 6.44. The van der Waals surface area contributed by atoms with Crippen LogP contribution in [-0.4, -0.2) is 27.8 Å². The zero-order valence-electron chi connectivity index (χ0n) is 17.2. The summed E-state index contributed by atoms with van der Waals surface area (Å²) in [6.07, 6.45) is 3.17. The van der Waals surface area contributed by atoms with Crippen molar-refractivity contribution in [2.75, 3.05) is 7.11 Å². The van der Waals surface area contributed by atoms with Crippen molar-refractivity contribution in [2.24, 2.45) is 0 Å². The first-order chi connectivity index (χ1) is 14.1. The molecule has 0 radical (unpaired) electrons. The Bertz CT molecular complexity index is 1070. The first-order valence-corrected chi connectivity index (χ1v) is 10.7. The molecule has 2 heterocycles. The Balaban J connectivity index is 1.45. The maximum Gasteiger partial charge on any atom is 0.123 e. The molecule has 2 atom stereocenters. The van der Waals surface area contributed by atoms with Crippen molar-refractivity contribution in [1.29, 1.82) is 0 Å². The van der Waals surface area contributed by atoms with Gasteiger partial charge in [-0.05, 0) is 62.4 Å². The van der Waals surface area contributed by atoms with Crippen molar-refractivity contribution in [1.82, 2.24) is 14.7 Å². The van der Waals surface area contributed by atoms with E-state index in [4.69, 9.17) is 21.4 Å². The zero-order chi connectivity index (χ0) is 20.1. The molecule has 5 rings (SSSR count). The lowest BCUT2D eigenvalue weighted by molar-refractivity contribution is 0.141. The Morgan fingerprint density at radius 2 is 1.93 bits per heavy atom. The highest BCUT2D eigenvalue weighted by Crippen LogP contribution is 2.42. The van der Waals surface area contributed by atoms with E-state index in [2.05, 4.69) is 36.9 Å². The van der Waals surface area contributed by atoms with Gasteiger partial charge in [0.2, 0.25) is 0 Å². The van der Waals surface area contributed by atoms with Crippen LogP contribution in [-0.2, 0) is 19.4 Å². The quantitative estimate of drug-likeness (QED) is 0.592. The Hall–Kier alpha value is -2.30. The van der Waals surface area contributed by atoms with Crippen molar-refractivity contribution in [3.05, 3.63) is 75.6 Å². The second-order valence-corrected chi connectivity index (χ2v) is 8.55. The van der Waals surface area contributed by atoms with Crippen molar-refractivity contribution >= 4 is 11.6 Å². The normalized spacial score (nSPS) is 21.1. The van der Waals surface area contributed by atoms with Gasteiger partial charge in [0.15, 0.2) is 0 Å². The summed E-state index contributed by atoms with van der Waals surface area (Å²) in [6, 6.07) is 15.3. The molecule has 1 aromatic heterocycles. The molecule has 1 aliphatic heterocycles. The monoisotopic (exact) mass is 407 g/mol. The summed E-state index contributed by atoms with van der Waals surface area (Å²) in [7, 11) is 1.77. The van der Waals surface area contributed by atoms with Gasteiger partial charge in [-0.25, -0.2) is 4.68 Å². The summed E-state index contributed by atoms with van der Waals surface area (Å²) in [5, 5.41) is 5.66. The average molecular weight is 408 g/mol. The molecular formula is C24H26ClN3O. The average Bonchev–Trinajstić information content (AvgIpc) is 3.25. The van der Waals surface area contributed by atoms with Crippen molar-refractivity contribution < 1.29 is 4.74 Å². The number of hydrogen-bond acceptors (Lipinski definition) is 3. The smallest absolute Gasteiger partial charge is 0.123 e. The van der Waals surface area contributed by atoms with Crippen molar-refractivity contribution in [3.63, 3.8) is 0 Å².